The first kappa shape index (κ1) is 18.9. The fourth-order valence-electron chi connectivity index (χ4n) is 3.88. The van der Waals surface area contributed by atoms with Crippen molar-refractivity contribution in [3.05, 3.63) is 35.0 Å². The van der Waals surface area contributed by atoms with Crippen molar-refractivity contribution in [1.29, 1.82) is 0 Å². The summed E-state index contributed by atoms with van der Waals surface area (Å²) in [6, 6.07) is 7.78. The van der Waals surface area contributed by atoms with Crippen molar-refractivity contribution in [2.45, 2.75) is 58.5 Å². The van der Waals surface area contributed by atoms with Gasteiger partial charge in [0, 0.05) is 38.0 Å². The average Bonchev–Trinajstić information content (AvgIpc) is 2.63. The number of hydroxylamine groups is 1. The van der Waals surface area contributed by atoms with Gasteiger partial charge in [0.15, 0.2) is 5.69 Å². The molecule has 3 unspecified atom stereocenters. The molecule has 2 aliphatic heterocycles. The van der Waals surface area contributed by atoms with Gasteiger partial charge >= 0.3 is 11.5 Å². The molecule has 0 aliphatic carbocycles. The molecule has 6 heteroatoms. The van der Waals surface area contributed by atoms with E-state index in [1.807, 2.05) is 24.3 Å². The molecule has 138 valence electrons. The van der Waals surface area contributed by atoms with Crippen molar-refractivity contribution >= 4 is 23.4 Å². The van der Waals surface area contributed by atoms with Gasteiger partial charge < -0.3 is 14.7 Å². The Morgan fingerprint density at radius 2 is 1.88 bits per heavy atom. The highest BCUT2D eigenvalue weighted by atomic mass is 32.2. The van der Waals surface area contributed by atoms with E-state index in [4.69, 9.17) is 0 Å². The smallest absolute Gasteiger partial charge is 0.310 e. The van der Waals surface area contributed by atoms with Crippen LogP contribution < -0.4 is 4.05 Å². The van der Waals surface area contributed by atoms with Crippen molar-refractivity contribution in [2.75, 3.05) is 13.1 Å². The third-order valence-electron chi connectivity index (χ3n) is 5.55. The zero-order chi connectivity index (χ0) is 18.0. The Kier molecular flexibility index (Phi) is 5.85. The van der Waals surface area contributed by atoms with E-state index < -0.39 is 15.6 Å². The molecular formula is C19H29N3O2S. The van der Waals surface area contributed by atoms with Crippen molar-refractivity contribution in [3.63, 3.8) is 0 Å². The number of piperidine rings is 1. The molecule has 3 atom stereocenters. The molecule has 0 saturated carbocycles. The number of hydrogen-bond donors (Lipinski definition) is 0. The summed E-state index contributed by atoms with van der Waals surface area (Å²) in [6.07, 6.45) is 5.53. The van der Waals surface area contributed by atoms with Crippen LogP contribution in [-0.4, -0.2) is 40.8 Å². The van der Waals surface area contributed by atoms with Crippen molar-refractivity contribution in [1.82, 2.24) is 8.95 Å². The van der Waals surface area contributed by atoms with E-state index in [-0.39, 0.29) is 6.04 Å². The predicted molar refractivity (Wildman–Crippen MR) is 105 cm³/mol. The zero-order valence-electron chi connectivity index (χ0n) is 15.4. The summed E-state index contributed by atoms with van der Waals surface area (Å²) in [4.78, 5) is 2.48. The molecule has 3 rings (SSSR count). The van der Waals surface area contributed by atoms with Crippen LogP contribution in [0, 0.1) is 11.1 Å². The zero-order valence-corrected chi connectivity index (χ0v) is 16.2. The van der Waals surface area contributed by atoms with Crippen LogP contribution in [0.1, 0.15) is 52.0 Å². The third kappa shape index (κ3) is 3.78. The number of fused-ring (bicyclic) bond motifs is 1. The van der Waals surface area contributed by atoms with Gasteiger partial charge in [0.1, 0.15) is 6.04 Å². The van der Waals surface area contributed by atoms with E-state index >= 15 is 0 Å². The fourth-order valence-corrected chi connectivity index (χ4v) is 5.03. The van der Waals surface area contributed by atoms with Gasteiger partial charge in [-0.15, -0.1) is 4.05 Å². The number of rotatable bonds is 5. The predicted octanol–water partition coefficient (Wildman–Crippen LogP) is 3.79. The Balaban J connectivity index is 1.69. The van der Waals surface area contributed by atoms with Gasteiger partial charge in [-0.1, -0.05) is 26.0 Å². The minimum atomic E-state index is -1.80. The largest absolute Gasteiger partial charge is 0.579 e. The molecule has 2 heterocycles. The lowest BCUT2D eigenvalue weighted by Crippen LogP contribution is -2.60. The SMILES string of the molecule is CC(C)CCC(C)N1CCC([N+]2([O-])c3ccccc3C=N[S+]2[O-])CC1. The molecule has 1 fully saturated rings. The molecule has 0 N–H and O–H groups in total. The van der Waals surface area contributed by atoms with E-state index in [2.05, 4.69) is 30.1 Å². The van der Waals surface area contributed by atoms with Crippen LogP contribution in [0.2, 0.25) is 0 Å². The van der Waals surface area contributed by atoms with Crippen LogP contribution in [0.3, 0.4) is 0 Å². The van der Waals surface area contributed by atoms with Gasteiger partial charge in [-0.05, 0) is 36.1 Å². The molecule has 1 saturated heterocycles. The monoisotopic (exact) mass is 363 g/mol. The Bertz CT molecular complexity index is 616. The van der Waals surface area contributed by atoms with Crippen LogP contribution in [0.5, 0.6) is 0 Å². The average molecular weight is 364 g/mol. The normalized spacial score (nSPS) is 29.0. The summed E-state index contributed by atoms with van der Waals surface area (Å²) >= 11 is -1.80. The molecule has 25 heavy (non-hydrogen) atoms. The highest BCUT2D eigenvalue weighted by molar-refractivity contribution is 7.90. The number of likely N-dealkylation sites (tertiary alicyclic amines) is 1. The number of hydrogen-bond acceptors (Lipinski definition) is 4. The second-order valence-electron chi connectivity index (χ2n) is 7.71. The molecule has 5 nitrogen and oxygen atoms in total. The van der Waals surface area contributed by atoms with Crippen LogP contribution in [0.4, 0.5) is 5.69 Å². The lowest BCUT2D eigenvalue weighted by molar-refractivity contribution is 0.129. The molecule has 1 aromatic rings. The summed E-state index contributed by atoms with van der Waals surface area (Å²) in [5, 5.41) is 13.6. The molecule has 0 radical (unpaired) electrons. The van der Waals surface area contributed by atoms with Gasteiger partial charge in [0.05, 0.1) is 11.8 Å². The Morgan fingerprint density at radius 3 is 2.56 bits per heavy atom. The van der Waals surface area contributed by atoms with E-state index in [1.165, 1.54) is 12.8 Å². The highest BCUT2D eigenvalue weighted by Crippen LogP contribution is 2.39. The Morgan fingerprint density at radius 1 is 1.20 bits per heavy atom. The van der Waals surface area contributed by atoms with E-state index in [1.54, 1.807) is 6.21 Å². The quantitative estimate of drug-likeness (QED) is 0.454. The van der Waals surface area contributed by atoms with Gasteiger partial charge in [0.2, 0.25) is 0 Å². The standard InChI is InChI=1S/C19H29N3O2S/c1-15(2)8-9-16(3)21-12-10-18(11-13-21)22(23)19-7-5-4-6-17(19)14-20-25(22)24/h4-7,14-16,18H,8-13H2,1-3H3. The number of quaternary nitrogens is 1. The van der Waals surface area contributed by atoms with Crippen molar-refractivity contribution in [2.24, 2.45) is 10.3 Å². The fraction of sp³-hybridized carbons (Fsp3) is 0.632. The highest BCUT2D eigenvalue weighted by Gasteiger charge is 2.48. The summed E-state index contributed by atoms with van der Waals surface area (Å²) in [7, 11) is 0. The minimum absolute atomic E-state index is 0.187. The van der Waals surface area contributed by atoms with E-state index in [9.17, 15) is 9.76 Å². The third-order valence-corrected chi connectivity index (χ3v) is 6.80. The van der Waals surface area contributed by atoms with Crippen LogP contribution in [0.25, 0.3) is 0 Å². The molecule has 2 aliphatic rings. The Labute approximate surface area is 154 Å². The second kappa shape index (κ2) is 7.76. The first-order valence-corrected chi connectivity index (χ1v) is 10.4. The van der Waals surface area contributed by atoms with Gasteiger partial charge in [-0.25, -0.2) is 0 Å². The van der Waals surface area contributed by atoms with Crippen LogP contribution in [0.15, 0.2) is 28.7 Å². The van der Waals surface area contributed by atoms with Crippen LogP contribution in [-0.2, 0) is 11.5 Å². The number of para-hydroxylation sites is 1. The van der Waals surface area contributed by atoms with E-state index in [0.29, 0.717) is 11.7 Å². The number of benzene rings is 1. The summed E-state index contributed by atoms with van der Waals surface area (Å²) in [5.74, 6) is 0.723. The summed E-state index contributed by atoms with van der Waals surface area (Å²) in [5.41, 5.74) is 1.40. The molecule has 1 aromatic carbocycles. The first-order chi connectivity index (χ1) is 11.9. The topological polar surface area (TPSA) is 61.7 Å². The maximum absolute atomic E-state index is 13.6. The lowest BCUT2D eigenvalue weighted by Gasteiger charge is -2.47. The van der Waals surface area contributed by atoms with Crippen molar-refractivity contribution in [3.8, 4) is 0 Å². The molecule has 0 amide bonds. The van der Waals surface area contributed by atoms with Gasteiger partial charge in [-0.3, -0.25) is 0 Å². The molecule has 0 spiro atoms. The van der Waals surface area contributed by atoms with E-state index in [0.717, 1.165) is 37.4 Å². The maximum atomic E-state index is 13.6. The van der Waals surface area contributed by atoms with Crippen molar-refractivity contribution < 1.29 is 4.55 Å². The van der Waals surface area contributed by atoms with Crippen LogP contribution >= 0.6 is 0 Å². The molecule has 0 bridgehead atoms. The minimum Gasteiger partial charge on any atom is -0.579 e. The molecule has 0 aromatic heterocycles. The maximum Gasteiger partial charge on any atom is 0.310 e. The second-order valence-corrected chi connectivity index (χ2v) is 8.92. The lowest BCUT2D eigenvalue weighted by atomic mass is 9.98. The van der Waals surface area contributed by atoms with Gasteiger partial charge in [-0.2, -0.15) is 0 Å². The number of nitrogens with zero attached hydrogens (tertiary/aromatic N) is 3. The first-order valence-electron chi connectivity index (χ1n) is 9.33. The summed E-state index contributed by atoms with van der Waals surface area (Å²) in [6.45, 7) is 8.59. The molecular weight excluding hydrogens is 334 g/mol. The van der Waals surface area contributed by atoms with Gasteiger partial charge in [0.25, 0.3) is 0 Å². The summed E-state index contributed by atoms with van der Waals surface area (Å²) < 4.78 is 15.7. The Hall–Kier alpha value is -0.920.